The largest absolute Gasteiger partial charge is 0.292 e. The van der Waals surface area contributed by atoms with Crippen LogP contribution in [0.3, 0.4) is 0 Å². The fraction of sp³-hybridized carbons (Fsp3) is 0.400. The number of Topliss-reactive ketones (excluding diaryl/α,β-unsaturated/α-hetero) is 1. The Morgan fingerprint density at radius 2 is 2.23 bits per heavy atom. The molecule has 0 bridgehead atoms. The van der Waals surface area contributed by atoms with Crippen LogP contribution in [0.4, 0.5) is 0 Å². The van der Waals surface area contributed by atoms with E-state index in [-0.39, 0.29) is 11.7 Å². The third kappa shape index (κ3) is 1.80. The number of pyridine rings is 1. The summed E-state index contributed by atoms with van der Waals surface area (Å²) in [6, 6.07) is 5.46. The van der Waals surface area contributed by atoms with Crippen molar-refractivity contribution in [2.75, 3.05) is 0 Å². The summed E-state index contributed by atoms with van der Waals surface area (Å²) in [6.45, 7) is 0. The molecule has 1 aliphatic carbocycles. The summed E-state index contributed by atoms with van der Waals surface area (Å²) in [5.74, 6) is 0.439. The Balaban J connectivity index is 2.19. The quantitative estimate of drug-likeness (QED) is 0.587. The zero-order valence-corrected chi connectivity index (χ0v) is 8.75. The lowest BCUT2D eigenvalue weighted by Crippen LogP contribution is -2.22. The molecule has 1 saturated carbocycles. The topological polar surface area (TPSA) is 30.0 Å². The molecule has 0 saturated heterocycles. The summed E-state index contributed by atoms with van der Waals surface area (Å²) in [5.41, 5.74) is 0.596. The van der Waals surface area contributed by atoms with E-state index < -0.39 is 0 Å². The van der Waals surface area contributed by atoms with E-state index in [1.807, 2.05) is 12.1 Å². The molecule has 0 atom stereocenters. The van der Waals surface area contributed by atoms with E-state index in [2.05, 4.69) is 20.9 Å². The SMILES string of the molecule is O=C(c1cccc(Br)n1)C1CCC1. The molecule has 2 nitrogen and oxygen atoms in total. The van der Waals surface area contributed by atoms with Gasteiger partial charge in [0.2, 0.25) is 0 Å². The number of nitrogens with zero attached hydrogens (tertiary/aromatic N) is 1. The van der Waals surface area contributed by atoms with Crippen molar-refractivity contribution in [2.45, 2.75) is 19.3 Å². The Morgan fingerprint density at radius 1 is 1.46 bits per heavy atom. The minimum absolute atomic E-state index is 0.201. The first-order valence-electron chi connectivity index (χ1n) is 4.44. The van der Waals surface area contributed by atoms with Gasteiger partial charge in [0.25, 0.3) is 0 Å². The maximum absolute atomic E-state index is 11.7. The third-order valence-electron chi connectivity index (χ3n) is 2.44. The lowest BCUT2D eigenvalue weighted by molar-refractivity contribution is 0.0849. The second-order valence-electron chi connectivity index (χ2n) is 3.34. The van der Waals surface area contributed by atoms with Gasteiger partial charge in [0, 0.05) is 5.92 Å². The Labute approximate surface area is 85.5 Å². The van der Waals surface area contributed by atoms with Crippen LogP contribution in [0.1, 0.15) is 29.8 Å². The molecule has 13 heavy (non-hydrogen) atoms. The maximum Gasteiger partial charge on any atom is 0.184 e. The molecule has 0 radical (unpaired) electrons. The first kappa shape index (κ1) is 8.88. The number of rotatable bonds is 2. The van der Waals surface area contributed by atoms with Crippen LogP contribution in [0.5, 0.6) is 0 Å². The van der Waals surface area contributed by atoms with Gasteiger partial charge >= 0.3 is 0 Å². The number of ketones is 1. The Morgan fingerprint density at radius 3 is 2.77 bits per heavy atom. The Bertz CT molecular complexity index is 333. The minimum Gasteiger partial charge on any atom is -0.292 e. The van der Waals surface area contributed by atoms with Crippen molar-refractivity contribution in [1.29, 1.82) is 0 Å². The highest BCUT2D eigenvalue weighted by Crippen LogP contribution is 2.29. The molecule has 0 spiro atoms. The number of halogens is 1. The lowest BCUT2D eigenvalue weighted by atomic mass is 9.81. The monoisotopic (exact) mass is 239 g/mol. The molecular formula is C10H10BrNO. The van der Waals surface area contributed by atoms with Gasteiger partial charge in [-0.25, -0.2) is 4.98 Å². The van der Waals surface area contributed by atoms with Gasteiger partial charge in [-0.05, 0) is 40.9 Å². The summed E-state index contributed by atoms with van der Waals surface area (Å²) in [6.07, 6.45) is 3.25. The highest BCUT2D eigenvalue weighted by molar-refractivity contribution is 9.10. The van der Waals surface area contributed by atoms with E-state index in [4.69, 9.17) is 0 Å². The molecule has 1 heterocycles. The number of carbonyl (C=O) groups is 1. The standard InChI is InChI=1S/C10H10BrNO/c11-9-6-2-5-8(12-9)10(13)7-3-1-4-7/h2,5-7H,1,3-4H2. The Kier molecular flexibility index (Phi) is 2.44. The molecule has 2 rings (SSSR count). The minimum atomic E-state index is 0.201. The van der Waals surface area contributed by atoms with Crippen molar-refractivity contribution in [1.82, 2.24) is 4.98 Å². The predicted molar refractivity (Wildman–Crippen MR) is 53.6 cm³/mol. The second kappa shape index (κ2) is 3.58. The van der Waals surface area contributed by atoms with Crippen LogP contribution >= 0.6 is 15.9 Å². The summed E-state index contributed by atoms with van der Waals surface area (Å²) in [4.78, 5) is 15.8. The normalized spacial score (nSPS) is 16.7. The number of hydrogen-bond acceptors (Lipinski definition) is 2. The van der Waals surface area contributed by atoms with Gasteiger partial charge in [-0.15, -0.1) is 0 Å². The maximum atomic E-state index is 11.7. The molecular weight excluding hydrogens is 230 g/mol. The summed E-state index contributed by atoms with van der Waals surface area (Å²) < 4.78 is 0.734. The molecule has 0 N–H and O–H groups in total. The fourth-order valence-electron chi connectivity index (χ4n) is 1.43. The summed E-state index contributed by atoms with van der Waals surface area (Å²) >= 11 is 3.26. The summed E-state index contributed by atoms with van der Waals surface area (Å²) in [7, 11) is 0. The van der Waals surface area contributed by atoms with Crippen molar-refractivity contribution < 1.29 is 4.79 Å². The average Bonchev–Trinajstić information content (AvgIpc) is 2.01. The van der Waals surface area contributed by atoms with Crippen molar-refractivity contribution >= 4 is 21.7 Å². The number of aromatic nitrogens is 1. The lowest BCUT2D eigenvalue weighted by Gasteiger charge is -2.23. The highest BCUT2D eigenvalue weighted by Gasteiger charge is 2.26. The smallest absolute Gasteiger partial charge is 0.184 e. The first-order chi connectivity index (χ1) is 6.27. The number of carbonyl (C=O) groups excluding carboxylic acids is 1. The second-order valence-corrected chi connectivity index (χ2v) is 4.15. The van der Waals surface area contributed by atoms with E-state index in [1.165, 1.54) is 6.42 Å². The van der Waals surface area contributed by atoms with Crippen LogP contribution in [-0.2, 0) is 0 Å². The zero-order chi connectivity index (χ0) is 9.26. The van der Waals surface area contributed by atoms with E-state index in [0.29, 0.717) is 5.69 Å². The van der Waals surface area contributed by atoms with Gasteiger partial charge in [0.1, 0.15) is 10.3 Å². The molecule has 68 valence electrons. The van der Waals surface area contributed by atoms with Gasteiger partial charge < -0.3 is 0 Å². The fourth-order valence-corrected chi connectivity index (χ4v) is 1.77. The number of hydrogen-bond donors (Lipinski definition) is 0. The average molecular weight is 240 g/mol. The van der Waals surface area contributed by atoms with E-state index in [9.17, 15) is 4.79 Å². The first-order valence-corrected chi connectivity index (χ1v) is 5.23. The van der Waals surface area contributed by atoms with Gasteiger partial charge in [0.15, 0.2) is 5.78 Å². The van der Waals surface area contributed by atoms with Gasteiger partial charge in [-0.3, -0.25) is 4.79 Å². The molecule has 1 aliphatic rings. The van der Waals surface area contributed by atoms with Gasteiger partial charge in [-0.2, -0.15) is 0 Å². The van der Waals surface area contributed by atoms with Crippen LogP contribution < -0.4 is 0 Å². The molecule has 3 heteroatoms. The third-order valence-corrected chi connectivity index (χ3v) is 2.89. The molecule has 0 amide bonds. The summed E-state index contributed by atoms with van der Waals surface area (Å²) in [5, 5.41) is 0. The van der Waals surface area contributed by atoms with Crippen LogP contribution in [0.25, 0.3) is 0 Å². The predicted octanol–water partition coefficient (Wildman–Crippen LogP) is 2.83. The van der Waals surface area contributed by atoms with Crippen molar-refractivity contribution in [2.24, 2.45) is 5.92 Å². The molecule has 1 fully saturated rings. The Hall–Kier alpha value is -0.700. The van der Waals surface area contributed by atoms with Gasteiger partial charge in [0.05, 0.1) is 0 Å². The molecule has 1 aromatic rings. The molecule has 0 unspecified atom stereocenters. The zero-order valence-electron chi connectivity index (χ0n) is 7.16. The van der Waals surface area contributed by atoms with Crippen LogP contribution in [0, 0.1) is 5.92 Å². The molecule has 0 aromatic carbocycles. The van der Waals surface area contributed by atoms with E-state index in [0.717, 1.165) is 17.4 Å². The van der Waals surface area contributed by atoms with Crippen molar-refractivity contribution in [3.63, 3.8) is 0 Å². The van der Waals surface area contributed by atoms with E-state index >= 15 is 0 Å². The molecule has 0 aliphatic heterocycles. The van der Waals surface area contributed by atoms with Crippen molar-refractivity contribution in [3.05, 3.63) is 28.5 Å². The van der Waals surface area contributed by atoms with Crippen LogP contribution in [0.15, 0.2) is 22.8 Å². The van der Waals surface area contributed by atoms with Crippen molar-refractivity contribution in [3.8, 4) is 0 Å². The van der Waals surface area contributed by atoms with Crippen LogP contribution in [0.2, 0.25) is 0 Å². The van der Waals surface area contributed by atoms with Crippen LogP contribution in [-0.4, -0.2) is 10.8 Å². The van der Waals surface area contributed by atoms with Gasteiger partial charge in [-0.1, -0.05) is 12.5 Å². The van der Waals surface area contributed by atoms with E-state index in [1.54, 1.807) is 6.07 Å². The highest BCUT2D eigenvalue weighted by atomic mass is 79.9. The molecule has 1 aromatic heterocycles.